The maximum Gasteiger partial charge on any atom is 0.290 e. The van der Waals surface area contributed by atoms with E-state index in [0.717, 1.165) is 24.4 Å². The Morgan fingerprint density at radius 1 is 1.42 bits per heavy atom. The van der Waals surface area contributed by atoms with Crippen LogP contribution in [0.5, 0.6) is 0 Å². The molecule has 0 aliphatic heterocycles. The number of carbonyl (C=O) groups is 1. The van der Waals surface area contributed by atoms with Crippen LogP contribution in [0.3, 0.4) is 0 Å². The number of nitrogens with zero attached hydrogens (tertiary/aromatic N) is 1. The zero-order chi connectivity index (χ0) is 13.8. The fourth-order valence-electron chi connectivity index (χ4n) is 1.82. The van der Waals surface area contributed by atoms with E-state index in [0.29, 0.717) is 5.69 Å². The van der Waals surface area contributed by atoms with Gasteiger partial charge in [-0.05, 0) is 39.3 Å². The standard InChI is InChI=1S/C14H18N2O3/c1-9(4-6-12-7-5-11(3)18-12)15-14(17)13-8-10(2)16-19-13/h5,7-9H,4,6H2,1-3H3,(H,15,17)/t9-/m1/s1. The molecule has 0 aromatic carbocycles. The fourth-order valence-corrected chi connectivity index (χ4v) is 1.82. The second-order valence-corrected chi connectivity index (χ2v) is 4.76. The number of furan rings is 1. The molecule has 0 fully saturated rings. The van der Waals surface area contributed by atoms with Crippen molar-refractivity contribution in [3.05, 3.63) is 41.2 Å². The molecule has 0 bridgehead atoms. The van der Waals surface area contributed by atoms with Gasteiger partial charge in [-0.15, -0.1) is 0 Å². The van der Waals surface area contributed by atoms with Gasteiger partial charge in [0.25, 0.3) is 5.91 Å². The summed E-state index contributed by atoms with van der Waals surface area (Å²) in [6.45, 7) is 5.65. The first kappa shape index (κ1) is 13.4. The zero-order valence-electron chi connectivity index (χ0n) is 11.4. The molecule has 2 heterocycles. The second-order valence-electron chi connectivity index (χ2n) is 4.76. The molecule has 0 unspecified atom stereocenters. The monoisotopic (exact) mass is 262 g/mol. The van der Waals surface area contributed by atoms with Gasteiger partial charge >= 0.3 is 0 Å². The molecular formula is C14H18N2O3. The van der Waals surface area contributed by atoms with Crippen LogP contribution < -0.4 is 5.32 Å². The van der Waals surface area contributed by atoms with Crippen molar-refractivity contribution in [3.8, 4) is 0 Å². The van der Waals surface area contributed by atoms with Gasteiger partial charge in [0, 0.05) is 18.5 Å². The van der Waals surface area contributed by atoms with Gasteiger partial charge in [-0.1, -0.05) is 5.16 Å². The van der Waals surface area contributed by atoms with Crippen LogP contribution in [-0.2, 0) is 6.42 Å². The van der Waals surface area contributed by atoms with E-state index in [1.807, 2.05) is 26.0 Å². The van der Waals surface area contributed by atoms with E-state index in [9.17, 15) is 4.79 Å². The summed E-state index contributed by atoms with van der Waals surface area (Å²) in [4.78, 5) is 11.8. The van der Waals surface area contributed by atoms with Gasteiger partial charge in [0.2, 0.25) is 5.76 Å². The SMILES string of the molecule is Cc1cc(C(=O)N[C@H](C)CCc2ccc(C)o2)on1. The summed E-state index contributed by atoms with van der Waals surface area (Å²) in [6.07, 6.45) is 1.61. The Hall–Kier alpha value is -2.04. The Balaban J connectivity index is 1.81. The Labute approximate surface area is 112 Å². The summed E-state index contributed by atoms with van der Waals surface area (Å²) < 4.78 is 10.4. The van der Waals surface area contributed by atoms with Crippen LogP contribution in [0, 0.1) is 13.8 Å². The number of hydrogen-bond acceptors (Lipinski definition) is 4. The molecule has 0 saturated heterocycles. The lowest BCUT2D eigenvalue weighted by molar-refractivity contribution is 0.0900. The first-order chi connectivity index (χ1) is 9.04. The summed E-state index contributed by atoms with van der Waals surface area (Å²) in [5.41, 5.74) is 0.698. The number of aryl methyl sites for hydroxylation is 3. The van der Waals surface area contributed by atoms with Crippen molar-refractivity contribution >= 4 is 5.91 Å². The van der Waals surface area contributed by atoms with Crippen LogP contribution in [-0.4, -0.2) is 17.1 Å². The van der Waals surface area contributed by atoms with Crippen molar-refractivity contribution in [1.82, 2.24) is 10.5 Å². The molecule has 0 radical (unpaired) electrons. The summed E-state index contributed by atoms with van der Waals surface area (Å²) in [6, 6.07) is 5.57. The average molecular weight is 262 g/mol. The highest BCUT2D eigenvalue weighted by Crippen LogP contribution is 2.10. The molecule has 1 atom stereocenters. The van der Waals surface area contributed by atoms with E-state index < -0.39 is 0 Å². The smallest absolute Gasteiger partial charge is 0.290 e. The van der Waals surface area contributed by atoms with Gasteiger partial charge in [0.1, 0.15) is 11.5 Å². The Morgan fingerprint density at radius 2 is 2.21 bits per heavy atom. The van der Waals surface area contributed by atoms with Crippen LogP contribution >= 0.6 is 0 Å². The summed E-state index contributed by atoms with van der Waals surface area (Å²) in [7, 11) is 0. The predicted molar refractivity (Wildman–Crippen MR) is 69.9 cm³/mol. The van der Waals surface area contributed by atoms with E-state index in [4.69, 9.17) is 8.94 Å². The molecule has 5 nitrogen and oxygen atoms in total. The summed E-state index contributed by atoms with van der Waals surface area (Å²) >= 11 is 0. The normalized spacial score (nSPS) is 12.4. The first-order valence-electron chi connectivity index (χ1n) is 6.34. The molecule has 1 N–H and O–H groups in total. The van der Waals surface area contributed by atoms with E-state index in [1.54, 1.807) is 13.0 Å². The third kappa shape index (κ3) is 3.71. The van der Waals surface area contributed by atoms with Crippen molar-refractivity contribution in [2.75, 3.05) is 0 Å². The lowest BCUT2D eigenvalue weighted by atomic mass is 10.1. The lowest BCUT2D eigenvalue weighted by Gasteiger charge is -2.11. The lowest BCUT2D eigenvalue weighted by Crippen LogP contribution is -2.32. The van der Waals surface area contributed by atoms with Gasteiger partial charge in [-0.2, -0.15) is 0 Å². The van der Waals surface area contributed by atoms with Gasteiger partial charge in [-0.3, -0.25) is 4.79 Å². The van der Waals surface area contributed by atoms with Gasteiger partial charge in [0.15, 0.2) is 0 Å². The molecule has 0 aliphatic rings. The minimum Gasteiger partial charge on any atom is -0.466 e. The summed E-state index contributed by atoms with van der Waals surface area (Å²) in [5, 5.41) is 6.56. The third-order valence-corrected chi connectivity index (χ3v) is 2.85. The molecule has 1 amide bonds. The molecule has 19 heavy (non-hydrogen) atoms. The molecule has 0 aliphatic carbocycles. The average Bonchev–Trinajstić information content (AvgIpc) is 2.95. The maximum absolute atomic E-state index is 11.8. The van der Waals surface area contributed by atoms with Crippen molar-refractivity contribution < 1.29 is 13.7 Å². The Morgan fingerprint density at radius 3 is 2.79 bits per heavy atom. The molecule has 0 spiro atoms. The Kier molecular flexibility index (Phi) is 4.04. The maximum atomic E-state index is 11.8. The van der Waals surface area contributed by atoms with Gasteiger partial charge in [-0.25, -0.2) is 0 Å². The van der Waals surface area contributed by atoms with Crippen LogP contribution in [0.4, 0.5) is 0 Å². The Bertz CT molecular complexity index is 557. The molecule has 5 heteroatoms. The highest BCUT2D eigenvalue weighted by Gasteiger charge is 2.14. The quantitative estimate of drug-likeness (QED) is 0.899. The summed E-state index contributed by atoms with van der Waals surface area (Å²) in [5.74, 6) is 1.86. The van der Waals surface area contributed by atoms with Crippen LogP contribution in [0.2, 0.25) is 0 Å². The largest absolute Gasteiger partial charge is 0.466 e. The first-order valence-corrected chi connectivity index (χ1v) is 6.34. The number of carbonyl (C=O) groups excluding carboxylic acids is 1. The number of rotatable bonds is 5. The third-order valence-electron chi connectivity index (χ3n) is 2.85. The molecule has 0 saturated carbocycles. The highest BCUT2D eigenvalue weighted by molar-refractivity contribution is 5.91. The van der Waals surface area contributed by atoms with Gasteiger partial charge < -0.3 is 14.3 Å². The second kappa shape index (κ2) is 5.73. The molecule has 2 aromatic heterocycles. The topological polar surface area (TPSA) is 68.3 Å². The van der Waals surface area contributed by atoms with Crippen molar-refractivity contribution in [2.24, 2.45) is 0 Å². The number of hydrogen-bond donors (Lipinski definition) is 1. The van der Waals surface area contributed by atoms with E-state index in [-0.39, 0.29) is 17.7 Å². The number of amides is 1. The molecular weight excluding hydrogens is 244 g/mol. The molecule has 102 valence electrons. The molecule has 2 aromatic rings. The highest BCUT2D eigenvalue weighted by atomic mass is 16.5. The van der Waals surface area contributed by atoms with E-state index in [2.05, 4.69) is 10.5 Å². The minimum atomic E-state index is -0.233. The van der Waals surface area contributed by atoms with Crippen molar-refractivity contribution in [1.29, 1.82) is 0 Å². The minimum absolute atomic E-state index is 0.0447. The van der Waals surface area contributed by atoms with Crippen molar-refractivity contribution in [3.63, 3.8) is 0 Å². The fraction of sp³-hybridized carbons (Fsp3) is 0.429. The van der Waals surface area contributed by atoms with Crippen LogP contribution in [0.25, 0.3) is 0 Å². The van der Waals surface area contributed by atoms with Crippen molar-refractivity contribution in [2.45, 2.75) is 39.7 Å². The zero-order valence-corrected chi connectivity index (χ0v) is 11.4. The van der Waals surface area contributed by atoms with Gasteiger partial charge in [0.05, 0.1) is 5.69 Å². The number of nitrogens with one attached hydrogen (secondary N) is 1. The van der Waals surface area contributed by atoms with E-state index >= 15 is 0 Å². The predicted octanol–water partition coefficient (Wildman–Crippen LogP) is 2.64. The van der Waals surface area contributed by atoms with Crippen LogP contribution in [0.1, 0.15) is 41.1 Å². The molecule has 2 rings (SSSR count). The van der Waals surface area contributed by atoms with Crippen LogP contribution in [0.15, 0.2) is 27.1 Å². The number of aromatic nitrogens is 1. The van der Waals surface area contributed by atoms with E-state index in [1.165, 1.54) is 0 Å².